The van der Waals surface area contributed by atoms with E-state index in [1.54, 1.807) is 23.5 Å². The SMILES string of the molecule is CN=C(NCc1ccc(S(=O)(=O)N2CCCC2)cc1)NC(C)(C)C.I. The summed E-state index contributed by atoms with van der Waals surface area (Å²) in [6.07, 6.45) is 1.89. The predicted molar refractivity (Wildman–Crippen MR) is 113 cm³/mol. The first-order valence-corrected chi connectivity index (χ1v) is 9.74. The molecule has 1 aliphatic heterocycles. The van der Waals surface area contributed by atoms with Gasteiger partial charge in [0.05, 0.1) is 4.90 Å². The molecule has 1 aromatic rings. The van der Waals surface area contributed by atoms with E-state index < -0.39 is 10.0 Å². The molecule has 0 spiro atoms. The molecule has 2 rings (SSSR count). The molecule has 25 heavy (non-hydrogen) atoms. The van der Waals surface area contributed by atoms with Gasteiger partial charge >= 0.3 is 0 Å². The zero-order chi connectivity index (χ0) is 17.8. The summed E-state index contributed by atoms with van der Waals surface area (Å²) >= 11 is 0. The Labute approximate surface area is 168 Å². The normalized spacial score (nSPS) is 16.4. The fraction of sp³-hybridized carbons (Fsp3) is 0.588. The molecule has 0 atom stereocenters. The van der Waals surface area contributed by atoms with E-state index >= 15 is 0 Å². The van der Waals surface area contributed by atoms with Crippen LogP contribution in [0.5, 0.6) is 0 Å². The Hall–Kier alpha value is -0.870. The molecule has 2 N–H and O–H groups in total. The predicted octanol–water partition coefficient (Wildman–Crippen LogP) is 2.55. The number of nitrogens with zero attached hydrogens (tertiary/aromatic N) is 2. The lowest BCUT2D eigenvalue weighted by Gasteiger charge is -2.23. The minimum absolute atomic E-state index is 0. The van der Waals surface area contributed by atoms with Crippen molar-refractivity contribution in [3.05, 3.63) is 29.8 Å². The summed E-state index contributed by atoms with van der Waals surface area (Å²) in [7, 11) is -1.61. The summed E-state index contributed by atoms with van der Waals surface area (Å²) in [6, 6.07) is 7.07. The van der Waals surface area contributed by atoms with E-state index in [0.717, 1.165) is 24.4 Å². The van der Waals surface area contributed by atoms with Gasteiger partial charge in [-0.3, -0.25) is 4.99 Å². The molecule has 0 aromatic heterocycles. The number of guanidine groups is 1. The van der Waals surface area contributed by atoms with Gasteiger partial charge in [0, 0.05) is 32.2 Å². The maximum absolute atomic E-state index is 12.5. The van der Waals surface area contributed by atoms with Crippen molar-refractivity contribution in [2.75, 3.05) is 20.1 Å². The number of rotatable bonds is 4. The average Bonchev–Trinajstić information content (AvgIpc) is 3.06. The molecular formula is C17H29IN4O2S. The van der Waals surface area contributed by atoms with Crippen LogP contribution < -0.4 is 10.6 Å². The Bertz CT molecular complexity index is 676. The lowest BCUT2D eigenvalue weighted by atomic mass is 10.1. The second kappa shape index (κ2) is 9.18. The summed E-state index contributed by atoms with van der Waals surface area (Å²) in [5.41, 5.74) is 0.933. The van der Waals surface area contributed by atoms with Crippen LogP contribution in [0, 0.1) is 0 Å². The molecule has 6 nitrogen and oxygen atoms in total. The minimum atomic E-state index is -3.34. The average molecular weight is 480 g/mol. The lowest BCUT2D eigenvalue weighted by molar-refractivity contribution is 0.477. The number of sulfonamides is 1. The highest BCUT2D eigenvalue weighted by molar-refractivity contribution is 14.0. The molecule has 0 unspecified atom stereocenters. The van der Waals surface area contributed by atoms with E-state index in [1.807, 2.05) is 12.1 Å². The van der Waals surface area contributed by atoms with Gasteiger partial charge in [0.25, 0.3) is 0 Å². The summed E-state index contributed by atoms with van der Waals surface area (Å²) in [4.78, 5) is 4.56. The molecule has 0 radical (unpaired) electrons. The first-order valence-electron chi connectivity index (χ1n) is 8.30. The van der Waals surface area contributed by atoms with Crippen molar-refractivity contribution in [2.45, 2.75) is 50.6 Å². The van der Waals surface area contributed by atoms with Crippen LogP contribution in [0.15, 0.2) is 34.2 Å². The molecule has 1 heterocycles. The quantitative estimate of drug-likeness (QED) is 0.395. The number of halogens is 1. The van der Waals surface area contributed by atoms with Crippen molar-refractivity contribution in [1.29, 1.82) is 0 Å². The van der Waals surface area contributed by atoms with E-state index in [1.165, 1.54) is 0 Å². The number of aliphatic imine (C=N–C) groups is 1. The Morgan fingerprint density at radius 3 is 2.20 bits per heavy atom. The summed E-state index contributed by atoms with van der Waals surface area (Å²) in [5.74, 6) is 0.719. The molecule has 0 bridgehead atoms. The van der Waals surface area contributed by atoms with Gasteiger partial charge in [-0.2, -0.15) is 4.31 Å². The van der Waals surface area contributed by atoms with Gasteiger partial charge in [-0.05, 0) is 51.3 Å². The number of benzene rings is 1. The maximum atomic E-state index is 12.5. The number of hydrogen-bond acceptors (Lipinski definition) is 3. The third-order valence-corrected chi connectivity index (χ3v) is 5.72. The summed E-state index contributed by atoms with van der Waals surface area (Å²) < 4.78 is 26.6. The molecule has 1 fully saturated rings. The summed E-state index contributed by atoms with van der Waals surface area (Å²) in [6.45, 7) is 8.04. The van der Waals surface area contributed by atoms with Gasteiger partial charge in [-0.1, -0.05) is 12.1 Å². The number of nitrogens with one attached hydrogen (secondary N) is 2. The minimum Gasteiger partial charge on any atom is -0.352 e. The van der Waals surface area contributed by atoms with Crippen LogP contribution in [0.2, 0.25) is 0 Å². The monoisotopic (exact) mass is 480 g/mol. The summed E-state index contributed by atoms with van der Waals surface area (Å²) in [5, 5.41) is 6.52. The third-order valence-electron chi connectivity index (χ3n) is 3.80. The van der Waals surface area contributed by atoms with Crippen LogP contribution in [0.25, 0.3) is 0 Å². The highest BCUT2D eigenvalue weighted by Crippen LogP contribution is 2.21. The first kappa shape index (κ1) is 22.2. The highest BCUT2D eigenvalue weighted by atomic mass is 127. The standard InChI is InChI=1S/C17H28N4O2S.HI/c1-17(2,3)20-16(18-4)19-13-14-7-9-15(10-8-14)24(22,23)21-11-5-6-12-21;/h7-10H,5-6,11-13H2,1-4H3,(H2,18,19,20);1H. The second-order valence-electron chi connectivity index (χ2n) is 7.06. The van der Waals surface area contributed by atoms with Gasteiger partial charge in [-0.15, -0.1) is 24.0 Å². The van der Waals surface area contributed by atoms with Gasteiger partial charge in [0.2, 0.25) is 10.0 Å². The fourth-order valence-corrected chi connectivity index (χ4v) is 4.09. The van der Waals surface area contributed by atoms with Gasteiger partial charge < -0.3 is 10.6 Å². The van der Waals surface area contributed by atoms with Crippen molar-refractivity contribution in [2.24, 2.45) is 4.99 Å². The van der Waals surface area contributed by atoms with Crippen LogP contribution in [0.3, 0.4) is 0 Å². The van der Waals surface area contributed by atoms with E-state index in [9.17, 15) is 8.42 Å². The highest BCUT2D eigenvalue weighted by Gasteiger charge is 2.26. The van der Waals surface area contributed by atoms with Crippen molar-refractivity contribution >= 4 is 40.0 Å². The van der Waals surface area contributed by atoms with Crippen LogP contribution in [0.4, 0.5) is 0 Å². The van der Waals surface area contributed by atoms with E-state index in [2.05, 4.69) is 36.4 Å². The zero-order valence-corrected chi connectivity index (χ0v) is 18.5. The van der Waals surface area contributed by atoms with Crippen LogP contribution in [-0.2, 0) is 16.6 Å². The molecule has 8 heteroatoms. The Kier molecular flexibility index (Phi) is 8.14. The van der Waals surface area contributed by atoms with E-state index in [-0.39, 0.29) is 29.5 Å². The van der Waals surface area contributed by atoms with Crippen LogP contribution in [-0.4, -0.2) is 44.4 Å². The molecule has 0 amide bonds. The molecule has 142 valence electrons. The van der Waals surface area contributed by atoms with Crippen molar-refractivity contribution in [3.8, 4) is 0 Å². The molecule has 1 aliphatic rings. The molecular weight excluding hydrogens is 451 g/mol. The zero-order valence-electron chi connectivity index (χ0n) is 15.4. The van der Waals surface area contributed by atoms with Crippen molar-refractivity contribution in [1.82, 2.24) is 14.9 Å². The Morgan fingerprint density at radius 1 is 1.16 bits per heavy atom. The first-order chi connectivity index (χ1) is 11.2. The van der Waals surface area contributed by atoms with Crippen LogP contribution in [0.1, 0.15) is 39.2 Å². The maximum Gasteiger partial charge on any atom is 0.243 e. The molecule has 1 aromatic carbocycles. The third kappa shape index (κ3) is 6.41. The molecule has 0 aliphatic carbocycles. The van der Waals surface area contributed by atoms with E-state index in [4.69, 9.17) is 0 Å². The topological polar surface area (TPSA) is 73.8 Å². The Balaban J connectivity index is 0.00000312. The second-order valence-corrected chi connectivity index (χ2v) is 8.99. The fourth-order valence-electron chi connectivity index (χ4n) is 2.58. The molecule has 0 saturated carbocycles. The molecule has 1 saturated heterocycles. The lowest BCUT2D eigenvalue weighted by Crippen LogP contribution is -2.47. The number of hydrogen-bond donors (Lipinski definition) is 2. The largest absolute Gasteiger partial charge is 0.352 e. The van der Waals surface area contributed by atoms with Crippen molar-refractivity contribution in [3.63, 3.8) is 0 Å². The van der Waals surface area contributed by atoms with Gasteiger partial charge in [0.15, 0.2) is 5.96 Å². The van der Waals surface area contributed by atoms with Gasteiger partial charge in [0.1, 0.15) is 0 Å². The Morgan fingerprint density at radius 2 is 1.72 bits per heavy atom. The smallest absolute Gasteiger partial charge is 0.243 e. The van der Waals surface area contributed by atoms with Crippen molar-refractivity contribution < 1.29 is 8.42 Å². The van der Waals surface area contributed by atoms with Crippen LogP contribution >= 0.6 is 24.0 Å². The van der Waals surface area contributed by atoms with Gasteiger partial charge in [-0.25, -0.2) is 8.42 Å². The van der Waals surface area contributed by atoms with E-state index in [0.29, 0.717) is 24.5 Å².